The van der Waals surface area contributed by atoms with Crippen molar-refractivity contribution >= 4 is 43.1 Å². The standard InChI is InChI=1S/2C14H11.Co/c2*1-10-11-6-2-4-8-13(11)14-9-5-3-7-12(10)14;/h2*2-9H,1H3;/q2*-1;. The first kappa shape index (κ1) is 19.4. The van der Waals surface area contributed by atoms with Gasteiger partial charge in [0, 0.05) is 16.8 Å². The van der Waals surface area contributed by atoms with Crippen LogP contribution in [0.25, 0.3) is 43.1 Å². The predicted octanol–water partition coefficient (Wildman–Crippen LogP) is 8.04. The summed E-state index contributed by atoms with van der Waals surface area (Å²) in [6.45, 7) is 4.40. The number of rotatable bonds is 0. The van der Waals surface area contributed by atoms with Crippen LogP contribution in [0.3, 0.4) is 0 Å². The third-order valence-corrected chi connectivity index (χ3v) is 5.90. The summed E-state index contributed by atoms with van der Waals surface area (Å²) in [5, 5.41) is 11.0. The van der Waals surface area contributed by atoms with Crippen LogP contribution in [0.15, 0.2) is 97.1 Å². The Bertz CT molecular complexity index is 1210. The van der Waals surface area contributed by atoms with Crippen molar-refractivity contribution in [1.82, 2.24) is 0 Å². The number of hydrogen-bond acceptors (Lipinski definition) is 0. The summed E-state index contributed by atoms with van der Waals surface area (Å²) in [5.41, 5.74) is 2.80. The summed E-state index contributed by atoms with van der Waals surface area (Å²) in [7, 11) is 0. The molecule has 0 N–H and O–H groups in total. The zero-order chi connectivity index (χ0) is 19.1. The van der Waals surface area contributed by atoms with Crippen molar-refractivity contribution in [3.63, 3.8) is 0 Å². The fourth-order valence-electron chi connectivity index (χ4n) is 4.47. The Morgan fingerprint density at radius 3 is 1.59 bits per heavy atom. The maximum atomic E-state index is 2.20. The van der Waals surface area contributed by atoms with Gasteiger partial charge >= 0.3 is 0 Å². The molecule has 0 nitrogen and oxygen atoms in total. The largest absolute Gasteiger partial charge is 0.120 e. The predicted molar refractivity (Wildman–Crippen MR) is 124 cm³/mol. The van der Waals surface area contributed by atoms with Crippen molar-refractivity contribution in [3.8, 4) is 0 Å². The van der Waals surface area contributed by atoms with Crippen molar-refractivity contribution in [2.75, 3.05) is 0 Å². The quantitative estimate of drug-likeness (QED) is 0.219. The molecule has 29 heavy (non-hydrogen) atoms. The maximum Gasteiger partial charge on any atom is 0 e. The molecule has 6 aromatic rings. The molecule has 0 unspecified atom stereocenters. The van der Waals surface area contributed by atoms with Crippen molar-refractivity contribution in [2.45, 2.75) is 13.8 Å². The molecule has 0 atom stereocenters. The zero-order valence-corrected chi connectivity index (χ0v) is 17.6. The summed E-state index contributed by atoms with van der Waals surface area (Å²) >= 11 is 0. The van der Waals surface area contributed by atoms with Gasteiger partial charge in [-0.2, -0.15) is 0 Å². The number of fused-ring (bicyclic) bond motifs is 6. The zero-order valence-electron chi connectivity index (χ0n) is 16.6. The van der Waals surface area contributed by atoms with Crippen molar-refractivity contribution in [3.05, 3.63) is 108 Å². The Morgan fingerprint density at radius 2 is 0.966 bits per heavy atom. The van der Waals surface area contributed by atoms with E-state index >= 15 is 0 Å². The second-order valence-electron chi connectivity index (χ2n) is 7.43. The molecule has 1 heteroatoms. The van der Waals surface area contributed by atoms with Crippen molar-refractivity contribution in [2.24, 2.45) is 0 Å². The van der Waals surface area contributed by atoms with E-state index in [-0.39, 0.29) is 16.8 Å². The van der Waals surface area contributed by atoms with Crippen LogP contribution < -0.4 is 0 Å². The summed E-state index contributed by atoms with van der Waals surface area (Å²) < 4.78 is 0. The maximum absolute atomic E-state index is 2.20. The van der Waals surface area contributed by atoms with Gasteiger partial charge in [-0.25, -0.2) is 0 Å². The Hall–Kier alpha value is -2.87. The molecular formula is C28H22Co-2. The topological polar surface area (TPSA) is 0 Å². The Labute approximate surface area is 181 Å². The summed E-state index contributed by atoms with van der Waals surface area (Å²) in [5.74, 6) is 0. The molecule has 1 radical (unpaired) electrons. The van der Waals surface area contributed by atoms with Gasteiger partial charge in [-0.05, 0) is 0 Å². The van der Waals surface area contributed by atoms with Crippen LogP contribution in [-0.4, -0.2) is 0 Å². The minimum absolute atomic E-state index is 0. The van der Waals surface area contributed by atoms with Gasteiger partial charge in [-0.3, -0.25) is 0 Å². The van der Waals surface area contributed by atoms with Gasteiger partial charge in [0.1, 0.15) is 0 Å². The van der Waals surface area contributed by atoms with Gasteiger partial charge < -0.3 is 0 Å². The first-order valence-electron chi connectivity index (χ1n) is 9.81. The first-order chi connectivity index (χ1) is 13.8. The molecule has 6 rings (SSSR count). The molecule has 0 aliphatic rings. The fourth-order valence-corrected chi connectivity index (χ4v) is 4.47. The van der Waals surface area contributed by atoms with Crippen LogP contribution in [0, 0.1) is 13.8 Å². The average Bonchev–Trinajstić information content (AvgIpc) is 3.22. The smallest absolute Gasteiger partial charge is 0 e. The Kier molecular flexibility index (Phi) is 5.27. The molecule has 0 bridgehead atoms. The molecule has 0 saturated heterocycles. The van der Waals surface area contributed by atoms with E-state index in [2.05, 4.69) is 111 Å². The van der Waals surface area contributed by atoms with Crippen LogP contribution in [0.1, 0.15) is 11.1 Å². The van der Waals surface area contributed by atoms with Gasteiger partial charge in [-0.15, -0.1) is 80.5 Å². The van der Waals surface area contributed by atoms with E-state index in [9.17, 15) is 0 Å². The normalized spacial score (nSPS) is 10.8. The molecule has 6 aromatic carbocycles. The van der Waals surface area contributed by atoms with Gasteiger partial charge in [0.15, 0.2) is 0 Å². The molecule has 0 amide bonds. The van der Waals surface area contributed by atoms with Gasteiger partial charge in [0.2, 0.25) is 0 Å². The summed E-state index contributed by atoms with van der Waals surface area (Å²) in [4.78, 5) is 0. The van der Waals surface area contributed by atoms with E-state index in [4.69, 9.17) is 0 Å². The molecule has 0 aliphatic carbocycles. The Morgan fingerprint density at radius 1 is 0.517 bits per heavy atom. The minimum Gasteiger partial charge on any atom is -0.120 e. The number of hydrogen-bond donors (Lipinski definition) is 0. The molecule has 0 aromatic heterocycles. The number of benzene rings is 4. The molecule has 0 heterocycles. The van der Waals surface area contributed by atoms with Gasteiger partial charge in [-0.1, -0.05) is 84.6 Å². The average molecular weight is 417 g/mol. The summed E-state index contributed by atoms with van der Waals surface area (Å²) in [6.07, 6.45) is 0. The van der Waals surface area contributed by atoms with Crippen molar-refractivity contribution < 1.29 is 16.8 Å². The van der Waals surface area contributed by atoms with Crippen LogP contribution in [-0.2, 0) is 16.8 Å². The third kappa shape index (κ3) is 3.17. The molecule has 0 saturated carbocycles. The van der Waals surface area contributed by atoms with E-state index in [0.29, 0.717) is 0 Å². The Balaban J connectivity index is 0.000000137. The SMILES string of the molecule is C[c-]1c2ccccc2c2ccccc21.Cc1c2ccccc2[c-]2ccccc12.[Co]. The van der Waals surface area contributed by atoms with E-state index in [1.54, 1.807) is 0 Å². The van der Waals surface area contributed by atoms with E-state index in [0.717, 1.165) is 0 Å². The molecule has 0 fully saturated rings. The third-order valence-electron chi connectivity index (χ3n) is 5.90. The second-order valence-corrected chi connectivity index (χ2v) is 7.43. The van der Waals surface area contributed by atoms with Crippen LogP contribution >= 0.6 is 0 Å². The van der Waals surface area contributed by atoms with Gasteiger partial charge in [0.05, 0.1) is 0 Å². The second kappa shape index (κ2) is 7.86. The molecule has 145 valence electrons. The fraction of sp³-hybridized carbons (Fsp3) is 0.0714. The van der Waals surface area contributed by atoms with Crippen molar-refractivity contribution in [1.29, 1.82) is 0 Å². The monoisotopic (exact) mass is 417 g/mol. The van der Waals surface area contributed by atoms with E-state index in [1.165, 1.54) is 54.2 Å². The van der Waals surface area contributed by atoms with Crippen LogP contribution in [0.2, 0.25) is 0 Å². The summed E-state index contributed by atoms with van der Waals surface area (Å²) in [6, 6.07) is 34.4. The van der Waals surface area contributed by atoms with E-state index in [1.807, 2.05) is 0 Å². The van der Waals surface area contributed by atoms with Crippen LogP contribution in [0.4, 0.5) is 0 Å². The molecule has 0 aliphatic heterocycles. The minimum atomic E-state index is 0. The van der Waals surface area contributed by atoms with E-state index < -0.39 is 0 Å². The number of aryl methyl sites for hydroxylation is 2. The van der Waals surface area contributed by atoms with Gasteiger partial charge in [0.25, 0.3) is 0 Å². The molecular weight excluding hydrogens is 395 g/mol. The first-order valence-corrected chi connectivity index (χ1v) is 9.81. The molecule has 0 spiro atoms. The van der Waals surface area contributed by atoms with Crippen LogP contribution in [0.5, 0.6) is 0 Å².